The minimum absolute atomic E-state index is 0.0582. The zero-order valence-electron chi connectivity index (χ0n) is 9.48. The van der Waals surface area contributed by atoms with Crippen LogP contribution in [-0.2, 0) is 10.1 Å². The summed E-state index contributed by atoms with van der Waals surface area (Å²) in [5.74, 6) is -0.189. The number of nitrogen functional groups attached to an aromatic ring is 2. The van der Waals surface area contributed by atoms with E-state index < -0.39 is 10.1 Å². The zero-order chi connectivity index (χ0) is 14.2. The molecule has 0 atom stereocenters. The topological polar surface area (TPSA) is 161 Å². The molecule has 0 radical (unpaired) electrons. The van der Waals surface area contributed by atoms with E-state index in [1.54, 1.807) is 0 Å². The Labute approximate surface area is 107 Å². The predicted molar refractivity (Wildman–Crippen MR) is 65.9 cm³/mol. The van der Waals surface area contributed by atoms with Crippen molar-refractivity contribution in [2.45, 2.75) is 4.90 Å². The first-order valence-electron chi connectivity index (χ1n) is 4.93. The molecule has 100 valence electrons. The van der Waals surface area contributed by atoms with E-state index in [-0.39, 0.29) is 22.4 Å². The van der Waals surface area contributed by atoms with Crippen LogP contribution in [0, 0.1) is 5.41 Å². The number of nitrogens with two attached hydrogens (primary N) is 2. The van der Waals surface area contributed by atoms with Crippen LogP contribution >= 0.6 is 0 Å². The van der Waals surface area contributed by atoms with Crippen molar-refractivity contribution >= 4 is 22.0 Å². The molecule has 0 bridgehead atoms. The average Bonchev–Trinajstić information content (AvgIpc) is 2.27. The third-order valence-corrected chi connectivity index (χ3v) is 3.15. The van der Waals surface area contributed by atoms with Crippen molar-refractivity contribution in [1.29, 1.82) is 5.41 Å². The predicted octanol–water partition coefficient (Wildman–Crippen LogP) is -0.842. The van der Waals surface area contributed by atoms with Crippen molar-refractivity contribution in [2.75, 3.05) is 11.5 Å². The van der Waals surface area contributed by atoms with Gasteiger partial charge in [0.15, 0.2) is 0 Å². The molecule has 2 aromatic rings. The third-order valence-electron chi connectivity index (χ3n) is 2.28. The molecule has 1 aromatic heterocycles. The maximum absolute atomic E-state index is 10.9. The molecule has 1 aromatic carbocycles. The first-order valence-corrected chi connectivity index (χ1v) is 6.37. The van der Waals surface area contributed by atoms with E-state index in [1.807, 2.05) is 0 Å². The average molecular weight is 282 g/mol. The number of nitrogens with zero attached hydrogens (tertiary/aromatic N) is 3. The minimum Gasteiger partial charge on any atom is -0.369 e. The molecule has 0 saturated heterocycles. The first kappa shape index (κ1) is 13.0. The Morgan fingerprint density at radius 2 is 1.74 bits per heavy atom. The van der Waals surface area contributed by atoms with Crippen molar-refractivity contribution in [1.82, 2.24) is 14.5 Å². The Balaban J connectivity index is 2.59. The number of aromatic nitrogens is 3. The summed E-state index contributed by atoms with van der Waals surface area (Å²) in [5.41, 5.74) is 11.1. The van der Waals surface area contributed by atoms with Gasteiger partial charge in [-0.1, -0.05) is 0 Å². The molecule has 0 saturated carbocycles. The molecule has 1 heterocycles. The standard InChI is InChI=1S/C9H10N6O3S/c10-7-13-8(11)15(9(12)14-7)5-1-3-6(4-2-5)19(16,17)18/h1-4H,(H,16,17,18)(H5,10,11,12,13,14). The van der Waals surface area contributed by atoms with Crippen LogP contribution in [0.3, 0.4) is 0 Å². The summed E-state index contributed by atoms with van der Waals surface area (Å²) in [6.45, 7) is 0. The monoisotopic (exact) mass is 282 g/mol. The summed E-state index contributed by atoms with van der Waals surface area (Å²) >= 11 is 0. The quantitative estimate of drug-likeness (QED) is 0.522. The van der Waals surface area contributed by atoms with Crippen LogP contribution in [0.4, 0.5) is 11.9 Å². The van der Waals surface area contributed by atoms with Gasteiger partial charge in [0.25, 0.3) is 10.1 Å². The molecule has 0 fully saturated rings. The third kappa shape index (κ3) is 2.53. The molecule has 9 nitrogen and oxygen atoms in total. The van der Waals surface area contributed by atoms with Crippen molar-refractivity contribution < 1.29 is 13.0 Å². The minimum atomic E-state index is -4.27. The highest BCUT2D eigenvalue weighted by molar-refractivity contribution is 7.85. The lowest BCUT2D eigenvalue weighted by Crippen LogP contribution is -2.26. The largest absolute Gasteiger partial charge is 0.369 e. The van der Waals surface area contributed by atoms with Crippen molar-refractivity contribution in [3.8, 4) is 5.69 Å². The smallest absolute Gasteiger partial charge is 0.294 e. The lowest BCUT2D eigenvalue weighted by molar-refractivity contribution is 0.483. The number of benzene rings is 1. The van der Waals surface area contributed by atoms with Crippen LogP contribution in [0.15, 0.2) is 29.2 Å². The van der Waals surface area contributed by atoms with Gasteiger partial charge >= 0.3 is 0 Å². The van der Waals surface area contributed by atoms with Gasteiger partial charge in [-0.05, 0) is 24.3 Å². The lowest BCUT2D eigenvalue weighted by Gasteiger charge is -2.09. The normalized spacial score (nSPS) is 11.4. The molecule has 19 heavy (non-hydrogen) atoms. The second kappa shape index (κ2) is 4.33. The molecule has 0 amide bonds. The Morgan fingerprint density at radius 3 is 2.21 bits per heavy atom. The Kier molecular flexibility index (Phi) is 2.96. The molecule has 0 aliphatic carbocycles. The molecule has 0 spiro atoms. The summed E-state index contributed by atoms with van der Waals surface area (Å²) in [6.07, 6.45) is 0. The van der Waals surface area contributed by atoms with Gasteiger partial charge in [0.2, 0.25) is 17.5 Å². The molecule has 2 rings (SSSR count). The Bertz CT molecular complexity index is 781. The number of hydrogen-bond donors (Lipinski definition) is 4. The fourth-order valence-corrected chi connectivity index (χ4v) is 1.96. The summed E-state index contributed by atoms with van der Waals surface area (Å²) in [4.78, 5) is 7.07. The van der Waals surface area contributed by atoms with E-state index in [0.29, 0.717) is 5.69 Å². The summed E-state index contributed by atoms with van der Waals surface area (Å²) in [6, 6.07) is 5.06. The van der Waals surface area contributed by atoms with E-state index in [9.17, 15) is 8.42 Å². The molecule has 0 aliphatic heterocycles. The summed E-state index contributed by atoms with van der Waals surface area (Å²) in [5, 5.41) is 7.65. The van der Waals surface area contributed by atoms with Crippen LogP contribution < -0.4 is 17.1 Å². The highest BCUT2D eigenvalue weighted by Crippen LogP contribution is 2.13. The fraction of sp³-hybridized carbons (Fsp3) is 0. The highest BCUT2D eigenvalue weighted by atomic mass is 32.2. The first-order chi connectivity index (χ1) is 8.79. The van der Waals surface area contributed by atoms with Crippen LogP contribution in [0.1, 0.15) is 0 Å². The van der Waals surface area contributed by atoms with Gasteiger partial charge < -0.3 is 11.5 Å². The van der Waals surface area contributed by atoms with Gasteiger partial charge in [-0.3, -0.25) is 9.96 Å². The maximum Gasteiger partial charge on any atom is 0.294 e. The van der Waals surface area contributed by atoms with Gasteiger partial charge in [-0.25, -0.2) is 4.57 Å². The zero-order valence-corrected chi connectivity index (χ0v) is 10.3. The van der Waals surface area contributed by atoms with Crippen molar-refractivity contribution in [3.63, 3.8) is 0 Å². The molecular weight excluding hydrogens is 272 g/mol. The van der Waals surface area contributed by atoms with E-state index in [2.05, 4.69) is 9.97 Å². The fourth-order valence-electron chi connectivity index (χ4n) is 1.48. The van der Waals surface area contributed by atoms with Crippen LogP contribution in [0.5, 0.6) is 0 Å². The maximum atomic E-state index is 10.9. The summed E-state index contributed by atoms with van der Waals surface area (Å²) < 4.78 is 31.8. The summed E-state index contributed by atoms with van der Waals surface area (Å²) in [7, 11) is -4.27. The molecule has 6 N–H and O–H groups in total. The van der Waals surface area contributed by atoms with Gasteiger partial charge in [-0.2, -0.15) is 18.4 Å². The lowest BCUT2D eigenvalue weighted by atomic mass is 10.3. The van der Waals surface area contributed by atoms with E-state index in [0.717, 1.165) is 0 Å². The van der Waals surface area contributed by atoms with E-state index >= 15 is 0 Å². The van der Waals surface area contributed by atoms with E-state index in [1.165, 1.54) is 28.8 Å². The van der Waals surface area contributed by atoms with Gasteiger partial charge in [0.05, 0.1) is 10.6 Å². The molecule has 0 unspecified atom stereocenters. The number of anilines is 2. The van der Waals surface area contributed by atoms with Gasteiger partial charge in [0.1, 0.15) is 0 Å². The van der Waals surface area contributed by atoms with Crippen molar-refractivity contribution in [3.05, 3.63) is 29.9 Å². The number of nitrogens with one attached hydrogen (secondary N) is 1. The highest BCUT2D eigenvalue weighted by Gasteiger charge is 2.10. The second-order valence-electron chi connectivity index (χ2n) is 3.57. The van der Waals surface area contributed by atoms with Crippen LogP contribution in [-0.4, -0.2) is 27.5 Å². The number of hydrogen-bond acceptors (Lipinski definition) is 7. The Hall–Kier alpha value is -2.46. The van der Waals surface area contributed by atoms with Crippen LogP contribution in [0.25, 0.3) is 5.69 Å². The molecular formula is C9H10N6O3S. The molecule has 0 aliphatic rings. The van der Waals surface area contributed by atoms with Gasteiger partial charge in [0, 0.05) is 0 Å². The van der Waals surface area contributed by atoms with Gasteiger partial charge in [-0.15, -0.1) is 0 Å². The Morgan fingerprint density at radius 1 is 1.16 bits per heavy atom. The number of rotatable bonds is 2. The SMILES string of the molecule is N=c1nc(N)nc(N)n1-c1ccc(S(=O)(=O)O)cc1. The van der Waals surface area contributed by atoms with E-state index in [4.69, 9.17) is 21.4 Å². The van der Waals surface area contributed by atoms with Crippen molar-refractivity contribution in [2.24, 2.45) is 0 Å². The molecule has 10 heteroatoms. The second-order valence-corrected chi connectivity index (χ2v) is 4.99. The van der Waals surface area contributed by atoms with Crippen LogP contribution in [0.2, 0.25) is 0 Å².